The Morgan fingerprint density at radius 3 is 2.91 bits per heavy atom. The molecule has 1 aromatic heterocycles. The van der Waals surface area contributed by atoms with E-state index in [0.717, 1.165) is 4.47 Å². The van der Waals surface area contributed by atoms with Gasteiger partial charge in [-0.25, -0.2) is 9.37 Å². The molecule has 0 N–H and O–H groups in total. The molecule has 1 aromatic rings. The zero-order valence-electron chi connectivity index (χ0n) is 5.76. The molecule has 60 valence electrons. The number of hydrogen-bond donors (Lipinski definition) is 0. The Balaban J connectivity index is 2.52. The van der Waals surface area contributed by atoms with Crippen LogP contribution in [0.3, 0.4) is 0 Å². The van der Waals surface area contributed by atoms with E-state index < -0.39 is 6.67 Å². The molecule has 2 nitrogen and oxygen atoms in total. The average Bonchev–Trinajstić information content (AvgIpc) is 2.04. The smallest absolute Gasteiger partial charge is 0.213 e. The van der Waals surface area contributed by atoms with Crippen LogP contribution >= 0.6 is 15.9 Å². The molecule has 0 amide bonds. The summed E-state index contributed by atoms with van der Waals surface area (Å²) in [6.45, 7) is -0.424. The van der Waals surface area contributed by atoms with Crippen LogP contribution in [-0.2, 0) is 0 Å². The third-order valence-electron chi connectivity index (χ3n) is 1.03. The van der Waals surface area contributed by atoms with Crippen LogP contribution in [0.25, 0.3) is 0 Å². The summed E-state index contributed by atoms with van der Waals surface area (Å²) in [6, 6.07) is 3.47. The third kappa shape index (κ3) is 2.84. The number of pyridine rings is 1. The summed E-state index contributed by atoms with van der Waals surface area (Å²) in [5.41, 5.74) is 0. The Hall–Kier alpha value is -0.640. The standard InChI is InChI=1S/C7H7BrFNO/c8-6-1-2-7(10-5-6)11-4-3-9/h1-2,5H,3-4H2. The summed E-state index contributed by atoms with van der Waals surface area (Å²) in [5.74, 6) is 0.450. The highest BCUT2D eigenvalue weighted by Crippen LogP contribution is 2.11. The van der Waals surface area contributed by atoms with Crippen LogP contribution in [0.5, 0.6) is 5.88 Å². The second-order valence-corrected chi connectivity index (χ2v) is 2.77. The first kappa shape index (κ1) is 8.46. The quantitative estimate of drug-likeness (QED) is 0.778. The molecule has 1 heterocycles. The first-order valence-corrected chi connectivity index (χ1v) is 3.92. The molecule has 0 atom stereocenters. The van der Waals surface area contributed by atoms with Gasteiger partial charge in [0.05, 0.1) is 0 Å². The van der Waals surface area contributed by atoms with Gasteiger partial charge in [-0.15, -0.1) is 0 Å². The lowest BCUT2D eigenvalue weighted by atomic mass is 10.5. The van der Waals surface area contributed by atoms with Gasteiger partial charge in [0.25, 0.3) is 0 Å². The van der Waals surface area contributed by atoms with Crippen LogP contribution in [-0.4, -0.2) is 18.3 Å². The maximum absolute atomic E-state index is 11.6. The zero-order valence-corrected chi connectivity index (χ0v) is 7.34. The number of alkyl halides is 1. The minimum Gasteiger partial charge on any atom is -0.475 e. The van der Waals surface area contributed by atoms with Crippen molar-refractivity contribution in [1.82, 2.24) is 4.98 Å². The SMILES string of the molecule is FCCOc1ccc(Br)cn1. The van der Waals surface area contributed by atoms with Gasteiger partial charge in [0.15, 0.2) is 0 Å². The van der Waals surface area contributed by atoms with E-state index >= 15 is 0 Å². The van der Waals surface area contributed by atoms with E-state index in [4.69, 9.17) is 4.74 Å². The van der Waals surface area contributed by atoms with Gasteiger partial charge < -0.3 is 4.74 Å². The Kier molecular flexibility index (Phi) is 3.29. The number of halogens is 2. The highest BCUT2D eigenvalue weighted by atomic mass is 79.9. The van der Waals surface area contributed by atoms with Crippen LogP contribution in [0.2, 0.25) is 0 Å². The Morgan fingerprint density at radius 2 is 2.36 bits per heavy atom. The van der Waals surface area contributed by atoms with E-state index in [1.807, 2.05) is 0 Å². The van der Waals surface area contributed by atoms with Crippen molar-refractivity contribution in [2.75, 3.05) is 13.3 Å². The average molecular weight is 220 g/mol. The number of ether oxygens (including phenoxy) is 1. The van der Waals surface area contributed by atoms with Crippen molar-refractivity contribution < 1.29 is 9.13 Å². The van der Waals surface area contributed by atoms with Crippen LogP contribution in [0.4, 0.5) is 4.39 Å². The zero-order chi connectivity index (χ0) is 8.10. The summed E-state index contributed by atoms with van der Waals surface area (Å²) >= 11 is 3.22. The fourth-order valence-corrected chi connectivity index (χ4v) is 0.825. The molecule has 0 radical (unpaired) electrons. The Bertz CT molecular complexity index is 214. The number of hydrogen-bond acceptors (Lipinski definition) is 2. The molecule has 0 aliphatic rings. The van der Waals surface area contributed by atoms with E-state index in [0.29, 0.717) is 5.88 Å². The van der Waals surface area contributed by atoms with E-state index in [9.17, 15) is 4.39 Å². The third-order valence-corrected chi connectivity index (χ3v) is 1.50. The van der Waals surface area contributed by atoms with Crippen molar-refractivity contribution in [3.05, 3.63) is 22.8 Å². The monoisotopic (exact) mass is 219 g/mol. The predicted octanol–water partition coefficient (Wildman–Crippen LogP) is 2.19. The molecule has 4 heteroatoms. The molecule has 0 saturated carbocycles. The molecule has 11 heavy (non-hydrogen) atoms. The molecule has 0 unspecified atom stereocenters. The van der Waals surface area contributed by atoms with Crippen molar-refractivity contribution in [2.24, 2.45) is 0 Å². The Labute approximate surface area is 72.5 Å². The number of nitrogens with zero attached hydrogens (tertiary/aromatic N) is 1. The van der Waals surface area contributed by atoms with E-state index in [-0.39, 0.29) is 6.61 Å². The normalized spacial score (nSPS) is 9.64. The topological polar surface area (TPSA) is 22.1 Å². The van der Waals surface area contributed by atoms with Crippen molar-refractivity contribution in [2.45, 2.75) is 0 Å². The van der Waals surface area contributed by atoms with Crippen LogP contribution < -0.4 is 4.74 Å². The van der Waals surface area contributed by atoms with Crippen molar-refractivity contribution in [3.63, 3.8) is 0 Å². The molecular weight excluding hydrogens is 213 g/mol. The number of rotatable bonds is 3. The molecule has 0 bridgehead atoms. The minimum absolute atomic E-state index is 0.0641. The molecule has 0 aromatic carbocycles. The van der Waals surface area contributed by atoms with Crippen molar-refractivity contribution >= 4 is 15.9 Å². The lowest BCUT2D eigenvalue weighted by molar-refractivity contribution is 0.264. The van der Waals surface area contributed by atoms with E-state index in [2.05, 4.69) is 20.9 Å². The van der Waals surface area contributed by atoms with Gasteiger partial charge in [-0.2, -0.15) is 0 Å². The predicted molar refractivity (Wildman–Crippen MR) is 43.4 cm³/mol. The van der Waals surface area contributed by atoms with Gasteiger partial charge in [-0.3, -0.25) is 0 Å². The molecule has 0 aliphatic heterocycles. The largest absolute Gasteiger partial charge is 0.475 e. The maximum Gasteiger partial charge on any atom is 0.213 e. The molecule has 0 saturated heterocycles. The summed E-state index contributed by atoms with van der Waals surface area (Å²) in [7, 11) is 0. The van der Waals surface area contributed by atoms with E-state index in [1.54, 1.807) is 18.3 Å². The first-order chi connectivity index (χ1) is 5.33. The Morgan fingerprint density at radius 1 is 1.55 bits per heavy atom. The fourth-order valence-electron chi connectivity index (χ4n) is 0.591. The minimum atomic E-state index is -0.488. The molecule has 0 aliphatic carbocycles. The lowest BCUT2D eigenvalue weighted by Gasteiger charge is -2.00. The van der Waals surface area contributed by atoms with Gasteiger partial charge in [0, 0.05) is 16.7 Å². The molecule has 0 spiro atoms. The fraction of sp³-hybridized carbons (Fsp3) is 0.286. The van der Waals surface area contributed by atoms with Gasteiger partial charge in [0.1, 0.15) is 13.3 Å². The number of aromatic nitrogens is 1. The van der Waals surface area contributed by atoms with Gasteiger partial charge in [-0.05, 0) is 22.0 Å². The highest BCUT2D eigenvalue weighted by Gasteiger charge is 1.93. The van der Waals surface area contributed by atoms with Gasteiger partial charge >= 0.3 is 0 Å². The van der Waals surface area contributed by atoms with Gasteiger partial charge in [0.2, 0.25) is 5.88 Å². The lowest BCUT2D eigenvalue weighted by Crippen LogP contribution is -1.99. The molecule has 0 fully saturated rings. The second kappa shape index (κ2) is 4.28. The van der Waals surface area contributed by atoms with Crippen LogP contribution in [0.1, 0.15) is 0 Å². The molecule has 1 rings (SSSR count). The van der Waals surface area contributed by atoms with Crippen molar-refractivity contribution in [1.29, 1.82) is 0 Å². The highest BCUT2D eigenvalue weighted by molar-refractivity contribution is 9.10. The first-order valence-electron chi connectivity index (χ1n) is 3.13. The summed E-state index contributed by atoms with van der Waals surface area (Å²) in [5, 5.41) is 0. The summed E-state index contributed by atoms with van der Waals surface area (Å²) in [6.07, 6.45) is 1.60. The van der Waals surface area contributed by atoms with E-state index in [1.165, 1.54) is 0 Å². The summed E-state index contributed by atoms with van der Waals surface area (Å²) in [4.78, 5) is 3.88. The second-order valence-electron chi connectivity index (χ2n) is 1.85. The van der Waals surface area contributed by atoms with Crippen molar-refractivity contribution in [3.8, 4) is 5.88 Å². The maximum atomic E-state index is 11.6. The van der Waals surface area contributed by atoms with Crippen LogP contribution in [0.15, 0.2) is 22.8 Å². The van der Waals surface area contributed by atoms with Gasteiger partial charge in [-0.1, -0.05) is 0 Å². The van der Waals surface area contributed by atoms with Crippen LogP contribution in [0, 0.1) is 0 Å². The summed E-state index contributed by atoms with van der Waals surface area (Å²) < 4.78 is 17.4. The molecular formula is C7H7BrFNO.